The zero-order valence-electron chi connectivity index (χ0n) is 9.61. The average Bonchev–Trinajstić information content (AvgIpc) is 2.30. The molecule has 0 aliphatic carbocycles. The Hall–Kier alpha value is -1.48. The van der Waals surface area contributed by atoms with Crippen LogP contribution < -0.4 is 10.5 Å². The van der Waals surface area contributed by atoms with Crippen LogP contribution in [0.25, 0.3) is 0 Å². The van der Waals surface area contributed by atoms with Gasteiger partial charge < -0.3 is 10.5 Å². The van der Waals surface area contributed by atoms with Crippen LogP contribution in [0.2, 0.25) is 0 Å². The topological polar surface area (TPSA) is 35.2 Å². The minimum absolute atomic E-state index is 0.544. The molecule has 0 saturated carbocycles. The van der Waals surface area contributed by atoms with E-state index in [1.54, 1.807) is 0 Å². The molecule has 0 atom stereocenters. The van der Waals surface area contributed by atoms with Crippen LogP contribution >= 0.6 is 15.9 Å². The third-order valence-electron chi connectivity index (χ3n) is 2.46. The summed E-state index contributed by atoms with van der Waals surface area (Å²) in [6.45, 7) is 2.59. The number of aryl methyl sites for hydroxylation is 1. The summed E-state index contributed by atoms with van der Waals surface area (Å²) in [6.07, 6.45) is 0. The van der Waals surface area contributed by atoms with Gasteiger partial charge in [-0.1, -0.05) is 18.2 Å². The largest absolute Gasteiger partial charge is 0.488 e. The van der Waals surface area contributed by atoms with Gasteiger partial charge >= 0.3 is 0 Å². The van der Waals surface area contributed by atoms with E-state index >= 15 is 0 Å². The lowest BCUT2D eigenvalue weighted by molar-refractivity contribution is 0.304. The van der Waals surface area contributed by atoms with Gasteiger partial charge in [-0.2, -0.15) is 0 Å². The molecule has 0 fully saturated rings. The minimum Gasteiger partial charge on any atom is -0.488 e. The van der Waals surface area contributed by atoms with Crippen molar-refractivity contribution >= 4 is 21.6 Å². The predicted octanol–water partition coefficient (Wildman–Crippen LogP) is 3.92. The Bertz CT molecular complexity index is 508. The van der Waals surface area contributed by atoms with E-state index in [1.807, 2.05) is 42.5 Å². The fourth-order valence-corrected chi connectivity index (χ4v) is 2.11. The summed E-state index contributed by atoms with van der Waals surface area (Å²) in [6, 6.07) is 13.7. The van der Waals surface area contributed by atoms with Gasteiger partial charge in [0.1, 0.15) is 12.4 Å². The summed E-state index contributed by atoms with van der Waals surface area (Å²) < 4.78 is 6.71. The molecule has 0 unspecified atom stereocenters. The van der Waals surface area contributed by atoms with Crippen molar-refractivity contribution in [3.8, 4) is 5.75 Å². The molecule has 2 nitrogen and oxygen atoms in total. The number of nitrogens with two attached hydrogens (primary N) is 1. The highest BCUT2D eigenvalue weighted by Crippen LogP contribution is 2.26. The smallest absolute Gasteiger partial charge is 0.134 e. The minimum atomic E-state index is 0.544. The summed E-state index contributed by atoms with van der Waals surface area (Å²) in [5, 5.41) is 0. The summed E-state index contributed by atoms with van der Waals surface area (Å²) in [7, 11) is 0. The van der Waals surface area contributed by atoms with Crippen molar-refractivity contribution in [2.24, 2.45) is 0 Å². The molecule has 2 rings (SSSR count). The number of anilines is 1. The van der Waals surface area contributed by atoms with Crippen molar-refractivity contribution in [2.45, 2.75) is 13.5 Å². The summed E-state index contributed by atoms with van der Waals surface area (Å²) in [5.41, 5.74) is 8.70. The third kappa shape index (κ3) is 3.24. The van der Waals surface area contributed by atoms with E-state index < -0.39 is 0 Å². The molecule has 0 aliphatic rings. The normalized spacial score (nSPS) is 10.2. The highest BCUT2D eigenvalue weighted by molar-refractivity contribution is 9.10. The Morgan fingerprint density at radius 2 is 1.82 bits per heavy atom. The number of halogens is 1. The molecule has 17 heavy (non-hydrogen) atoms. The van der Waals surface area contributed by atoms with Gasteiger partial charge in [0.2, 0.25) is 0 Å². The third-order valence-corrected chi connectivity index (χ3v) is 3.08. The van der Waals surface area contributed by atoms with Gasteiger partial charge in [0, 0.05) is 5.69 Å². The van der Waals surface area contributed by atoms with Crippen LogP contribution in [0.4, 0.5) is 5.69 Å². The summed E-state index contributed by atoms with van der Waals surface area (Å²) >= 11 is 3.49. The van der Waals surface area contributed by atoms with E-state index in [0.717, 1.165) is 21.5 Å². The monoisotopic (exact) mass is 291 g/mol. The fraction of sp³-hybridized carbons (Fsp3) is 0.143. The lowest BCUT2D eigenvalue weighted by Crippen LogP contribution is -1.96. The first-order valence-electron chi connectivity index (χ1n) is 5.38. The number of hydrogen-bond donors (Lipinski definition) is 1. The zero-order chi connectivity index (χ0) is 12.3. The van der Waals surface area contributed by atoms with Crippen molar-refractivity contribution in [1.29, 1.82) is 0 Å². The number of benzene rings is 2. The molecule has 88 valence electrons. The van der Waals surface area contributed by atoms with E-state index in [0.29, 0.717) is 6.61 Å². The Labute approximate surface area is 110 Å². The Morgan fingerprint density at radius 1 is 1.12 bits per heavy atom. The van der Waals surface area contributed by atoms with Crippen molar-refractivity contribution in [2.75, 3.05) is 5.73 Å². The van der Waals surface area contributed by atoms with Crippen LogP contribution in [0.5, 0.6) is 5.75 Å². The molecule has 0 heterocycles. The van der Waals surface area contributed by atoms with E-state index in [-0.39, 0.29) is 0 Å². The lowest BCUT2D eigenvalue weighted by atomic mass is 10.2. The maximum atomic E-state index is 5.73. The SMILES string of the molecule is Cc1ccc(OCc2ccc(N)cc2)c(Br)c1. The lowest BCUT2D eigenvalue weighted by Gasteiger charge is -2.09. The Morgan fingerprint density at radius 3 is 2.47 bits per heavy atom. The fourth-order valence-electron chi connectivity index (χ4n) is 1.50. The number of hydrogen-bond acceptors (Lipinski definition) is 2. The first-order valence-corrected chi connectivity index (χ1v) is 6.18. The molecule has 0 aromatic heterocycles. The van der Waals surface area contributed by atoms with Crippen molar-refractivity contribution in [3.63, 3.8) is 0 Å². The molecule has 2 N–H and O–H groups in total. The van der Waals surface area contributed by atoms with Crippen LogP contribution in [-0.2, 0) is 6.61 Å². The van der Waals surface area contributed by atoms with Crippen molar-refractivity contribution in [1.82, 2.24) is 0 Å². The van der Waals surface area contributed by atoms with Gasteiger partial charge in [0.15, 0.2) is 0 Å². The van der Waals surface area contributed by atoms with Gasteiger partial charge in [-0.05, 0) is 58.2 Å². The Kier molecular flexibility index (Phi) is 3.69. The van der Waals surface area contributed by atoms with E-state index in [9.17, 15) is 0 Å². The van der Waals surface area contributed by atoms with Crippen LogP contribution in [-0.4, -0.2) is 0 Å². The van der Waals surface area contributed by atoms with E-state index in [4.69, 9.17) is 10.5 Å². The molecule has 0 amide bonds. The van der Waals surface area contributed by atoms with Crippen molar-refractivity contribution < 1.29 is 4.74 Å². The average molecular weight is 292 g/mol. The molecular formula is C14H14BrNO. The maximum absolute atomic E-state index is 5.73. The van der Waals surface area contributed by atoms with Crippen LogP contribution in [0, 0.1) is 6.92 Å². The van der Waals surface area contributed by atoms with E-state index in [1.165, 1.54) is 5.56 Å². The number of nitrogen functional groups attached to an aromatic ring is 1. The number of rotatable bonds is 3. The molecule has 0 radical (unpaired) electrons. The molecule has 2 aromatic carbocycles. The molecule has 0 aliphatic heterocycles. The molecular weight excluding hydrogens is 278 g/mol. The standard InChI is InChI=1S/C14H14BrNO/c1-10-2-7-14(13(15)8-10)17-9-11-3-5-12(16)6-4-11/h2-8H,9,16H2,1H3. The second kappa shape index (κ2) is 5.23. The van der Waals surface area contributed by atoms with Gasteiger partial charge in [0.25, 0.3) is 0 Å². The molecule has 2 aromatic rings. The zero-order valence-corrected chi connectivity index (χ0v) is 11.2. The van der Waals surface area contributed by atoms with Crippen LogP contribution in [0.1, 0.15) is 11.1 Å². The van der Waals surface area contributed by atoms with Crippen molar-refractivity contribution in [3.05, 3.63) is 58.1 Å². The summed E-state index contributed by atoms with van der Waals surface area (Å²) in [5.74, 6) is 0.854. The first kappa shape index (κ1) is 12.0. The molecule has 0 bridgehead atoms. The number of ether oxygens (including phenoxy) is 1. The quantitative estimate of drug-likeness (QED) is 0.870. The molecule has 3 heteroatoms. The predicted molar refractivity (Wildman–Crippen MR) is 74.1 cm³/mol. The second-order valence-electron chi connectivity index (χ2n) is 3.96. The summed E-state index contributed by atoms with van der Waals surface area (Å²) in [4.78, 5) is 0. The van der Waals surface area contributed by atoms with Gasteiger partial charge in [-0.3, -0.25) is 0 Å². The highest BCUT2D eigenvalue weighted by atomic mass is 79.9. The molecule has 0 spiro atoms. The Balaban J connectivity index is 2.04. The van der Waals surface area contributed by atoms with Crippen LogP contribution in [0.15, 0.2) is 46.9 Å². The van der Waals surface area contributed by atoms with Gasteiger partial charge in [-0.25, -0.2) is 0 Å². The van der Waals surface area contributed by atoms with E-state index in [2.05, 4.69) is 22.9 Å². The highest BCUT2D eigenvalue weighted by Gasteiger charge is 2.01. The molecule has 0 saturated heterocycles. The second-order valence-corrected chi connectivity index (χ2v) is 4.82. The van der Waals surface area contributed by atoms with Crippen LogP contribution in [0.3, 0.4) is 0 Å². The van der Waals surface area contributed by atoms with Gasteiger partial charge in [0.05, 0.1) is 4.47 Å². The maximum Gasteiger partial charge on any atom is 0.134 e. The van der Waals surface area contributed by atoms with Gasteiger partial charge in [-0.15, -0.1) is 0 Å². The first-order chi connectivity index (χ1) is 8.15.